The molecule has 1 saturated carbocycles. The fourth-order valence-electron chi connectivity index (χ4n) is 2.76. The van der Waals surface area contributed by atoms with Crippen molar-refractivity contribution in [3.8, 4) is 0 Å². The van der Waals surface area contributed by atoms with Crippen molar-refractivity contribution in [1.29, 1.82) is 0 Å². The van der Waals surface area contributed by atoms with Crippen LogP contribution < -0.4 is 10.6 Å². The van der Waals surface area contributed by atoms with Gasteiger partial charge in [0.15, 0.2) is 0 Å². The van der Waals surface area contributed by atoms with Gasteiger partial charge in [0.2, 0.25) is 5.91 Å². The summed E-state index contributed by atoms with van der Waals surface area (Å²) in [4.78, 5) is 11.6. The molecule has 0 radical (unpaired) electrons. The van der Waals surface area contributed by atoms with Gasteiger partial charge in [0, 0.05) is 23.8 Å². The molecule has 1 atom stereocenters. The fraction of sp³-hybridized carbons (Fsp3) is 0.917. The van der Waals surface area contributed by atoms with Crippen LogP contribution in [0.5, 0.6) is 0 Å². The molecule has 1 saturated heterocycles. The van der Waals surface area contributed by atoms with Crippen LogP contribution in [0, 0.1) is 0 Å². The second-order valence-electron chi connectivity index (χ2n) is 5.06. The maximum atomic E-state index is 11.6. The molecule has 2 rings (SSSR count). The molecule has 1 heterocycles. The largest absolute Gasteiger partial charge is 0.353 e. The molecule has 2 fully saturated rings. The van der Waals surface area contributed by atoms with E-state index in [1.54, 1.807) is 11.8 Å². The van der Waals surface area contributed by atoms with E-state index in [0.29, 0.717) is 18.0 Å². The van der Waals surface area contributed by atoms with E-state index in [9.17, 15) is 4.79 Å². The average molecular weight is 242 g/mol. The van der Waals surface area contributed by atoms with Crippen LogP contribution in [0.1, 0.15) is 38.5 Å². The maximum Gasteiger partial charge on any atom is 0.221 e. The third-order valence-electron chi connectivity index (χ3n) is 3.84. The number of piperidine rings is 1. The number of thioether (sulfide) groups is 1. The molecule has 92 valence electrons. The molecule has 1 amide bonds. The standard InChI is InChI=1S/C12H22N2OS/c1-16-8-4-11(15)14-10-3-7-13-12(9-10)5-2-6-12/h10,13H,2-9H2,1H3,(H,14,15). The van der Waals surface area contributed by atoms with E-state index >= 15 is 0 Å². The molecular formula is C12H22N2OS. The topological polar surface area (TPSA) is 41.1 Å². The molecule has 1 aliphatic carbocycles. The summed E-state index contributed by atoms with van der Waals surface area (Å²) >= 11 is 1.73. The van der Waals surface area contributed by atoms with Crippen LogP contribution in [0.2, 0.25) is 0 Å². The van der Waals surface area contributed by atoms with Gasteiger partial charge in [-0.1, -0.05) is 0 Å². The van der Waals surface area contributed by atoms with Crippen LogP contribution in [-0.2, 0) is 4.79 Å². The lowest BCUT2D eigenvalue weighted by molar-refractivity contribution is -0.121. The summed E-state index contributed by atoms with van der Waals surface area (Å²) in [6.45, 7) is 1.06. The smallest absolute Gasteiger partial charge is 0.221 e. The first-order valence-corrected chi connectivity index (χ1v) is 7.67. The minimum absolute atomic E-state index is 0.232. The van der Waals surface area contributed by atoms with E-state index in [-0.39, 0.29) is 5.91 Å². The van der Waals surface area contributed by atoms with Crippen LogP contribution in [0.4, 0.5) is 0 Å². The van der Waals surface area contributed by atoms with Crippen molar-refractivity contribution in [1.82, 2.24) is 10.6 Å². The lowest BCUT2D eigenvalue weighted by Crippen LogP contribution is -2.59. The van der Waals surface area contributed by atoms with Gasteiger partial charge in [-0.2, -0.15) is 11.8 Å². The molecule has 2 aliphatic rings. The van der Waals surface area contributed by atoms with E-state index < -0.39 is 0 Å². The number of amides is 1. The van der Waals surface area contributed by atoms with E-state index in [4.69, 9.17) is 0 Å². The van der Waals surface area contributed by atoms with Crippen molar-refractivity contribution in [3.63, 3.8) is 0 Å². The number of rotatable bonds is 4. The Morgan fingerprint density at radius 3 is 3.00 bits per heavy atom. The summed E-state index contributed by atoms with van der Waals surface area (Å²) in [5, 5.41) is 6.81. The summed E-state index contributed by atoms with van der Waals surface area (Å²) in [6.07, 6.45) is 8.87. The number of hydrogen-bond donors (Lipinski definition) is 2. The number of carbonyl (C=O) groups is 1. The first-order chi connectivity index (χ1) is 7.74. The summed E-state index contributed by atoms with van der Waals surface area (Å²) in [6, 6.07) is 0.413. The van der Waals surface area contributed by atoms with Gasteiger partial charge in [-0.05, 0) is 44.9 Å². The van der Waals surface area contributed by atoms with Crippen LogP contribution >= 0.6 is 11.8 Å². The van der Waals surface area contributed by atoms with Crippen molar-refractivity contribution in [3.05, 3.63) is 0 Å². The second-order valence-corrected chi connectivity index (χ2v) is 6.05. The van der Waals surface area contributed by atoms with Crippen LogP contribution in [0.3, 0.4) is 0 Å². The van der Waals surface area contributed by atoms with E-state index in [1.165, 1.54) is 19.3 Å². The van der Waals surface area contributed by atoms with Gasteiger partial charge in [-0.25, -0.2) is 0 Å². The second kappa shape index (κ2) is 5.41. The molecular weight excluding hydrogens is 220 g/mol. The number of nitrogens with one attached hydrogen (secondary N) is 2. The third-order valence-corrected chi connectivity index (χ3v) is 4.45. The SMILES string of the molecule is CSCCC(=O)NC1CCNC2(CCC2)C1. The zero-order chi connectivity index (χ0) is 11.4. The highest BCUT2D eigenvalue weighted by Gasteiger charge is 2.41. The average Bonchev–Trinajstić information content (AvgIpc) is 2.24. The van der Waals surface area contributed by atoms with Gasteiger partial charge in [0.25, 0.3) is 0 Å². The van der Waals surface area contributed by atoms with E-state index in [2.05, 4.69) is 10.6 Å². The van der Waals surface area contributed by atoms with Crippen LogP contribution in [0.15, 0.2) is 0 Å². The predicted octanol–water partition coefficient (Wildman–Crippen LogP) is 1.53. The lowest BCUT2D eigenvalue weighted by Gasteiger charge is -2.48. The molecule has 16 heavy (non-hydrogen) atoms. The van der Waals surface area contributed by atoms with Crippen molar-refractivity contribution in [2.24, 2.45) is 0 Å². The van der Waals surface area contributed by atoms with Gasteiger partial charge in [0.05, 0.1) is 0 Å². The zero-order valence-electron chi connectivity index (χ0n) is 10.1. The molecule has 4 heteroatoms. The Morgan fingerprint density at radius 1 is 1.56 bits per heavy atom. The van der Waals surface area contributed by atoms with Crippen molar-refractivity contribution >= 4 is 17.7 Å². The molecule has 0 aromatic heterocycles. The first-order valence-electron chi connectivity index (χ1n) is 6.27. The van der Waals surface area contributed by atoms with Gasteiger partial charge in [0.1, 0.15) is 0 Å². The van der Waals surface area contributed by atoms with Gasteiger partial charge in [-0.15, -0.1) is 0 Å². The lowest BCUT2D eigenvalue weighted by atomic mass is 9.70. The molecule has 0 aromatic rings. The van der Waals surface area contributed by atoms with Crippen LogP contribution in [0.25, 0.3) is 0 Å². The summed E-state index contributed by atoms with van der Waals surface area (Å²) in [5.41, 5.74) is 0.385. The number of carbonyl (C=O) groups excluding carboxylic acids is 1. The van der Waals surface area contributed by atoms with Gasteiger partial charge < -0.3 is 10.6 Å². The third kappa shape index (κ3) is 2.92. The molecule has 1 unspecified atom stereocenters. The monoisotopic (exact) mass is 242 g/mol. The summed E-state index contributed by atoms with van der Waals surface area (Å²) in [7, 11) is 0. The zero-order valence-corrected chi connectivity index (χ0v) is 10.9. The maximum absolute atomic E-state index is 11.6. The van der Waals surface area contributed by atoms with Crippen LogP contribution in [-0.4, -0.2) is 36.0 Å². The Hall–Kier alpha value is -0.220. The molecule has 1 spiro atoms. The van der Waals surface area contributed by atoms with Crippen molar-refractivity contribution in [2.75, 3.05) is 18.6 Å². The highest BCUT2D eigenvalue weighted by atomic mass is 32.2. The molecule has 2 N–H and O–H groups in total. The normalized spacial score (nSPS) is 27.4. The van der Waals surface area contributed by atoms with Gasteiger partial charge >= 0.3 is 0 Å². The predicted molar refractivity (Wildman–Crippen MR) is 68.7 cm³/mol. The Morgan fingerprint density at radius 2 is 2.38 bits per heavy atom. The molecule has 0 bridgehead atoms. The first kappa shape index (κ1) is 12.2. The fourth-order valence-corrected chi connectivity index (χ4v) is 3.15. The Labute approximate surface area is 102 Å². The molecule has 1 aliphatic heterocycles. The molecule has 3 nitrogen and oxygen atoms in total. The Kier molecular flexibility index (Phi) is 4.14. The minimum Gasteiger partial charge on any atom is -0.353 e. The minimum atomic E-state index is 0.232. The Balaban J connectivity index is 1.74. The highest BCUT2D eigenvalue weighted by molar-refractivity contribution is 7.98. The van der Waals surface area contributed by atoms with Gasteiger partial charge in [-0.3, -0.25) is 4.79 Å². The number of hydrogen-bond acceptors (Lipinski definition) is 3. The quantitative estimate of drug-likeness (QED) is 0.785. The summed E-state index contributed by atoms with van der Waals surface area (Å²) in [5.74, 6) is 1.16. The summed E-state index contributed by atoms with van der Waals surface area (Å²) < 4.78 is 0. The van der Waals surface area contributed by atoms with E-state index in [1.807, 2.05) is 6.26 Å². The van der Waals surface area contributed by atoms with Crippen molar-refractivity contribution in [2.45, 2.75) is 50.1 Å². The highest BCUT2D eigenvalue weighted by Crippen LogP contribution is 2.38. The molecule has 0 aromatic carbocycles. The van der Waals surface area contributed by atoms with E-state index in [0.717, 1.165) is 25.1 Å². The van der Waals surface area contributed by atoms with Crippen molar-refractivity contribution < 1.29 is 4.79 Å². The Bertz CT molecular complexity index is 253.